The van der Waals surface area contributed by atoms with E-state index < -0.39 is 5.60 Å². The van der Waals surface area contributed by atoms with Gasteiger partial charge in [-0.3, -0.25) is 4.79 Å². The Morgan fingerprint density at radius 2 is 1.88 bits per heavy atom. The van der Waals surface area contributed by atoms with Crippen molar-refractivity contribution in [1.29, 1.82) is 0 Å². The third-order valence-corrected chi connectivity index (χ3v) is 6.91. The molecule has 5 nitrogen and oxygen atoms in total. The molecule has 0 saturated heterocycles. The lowest BCUT2D eigenvalue weighted by molar-refractivity contribution is -0.134. The Kier molecular flexibility index (Phi) is 8.34. The van der Waals surface area contributed by atoms with Gasteiger partial charge in [0.2, 0.25) is 0 Å². The Morgan fingerprint density at radius 3 is 2.56 bits per heavy atom. The minimum absolute atomic E-state index is 0.156. The molecule has 1 N–H and O–H groups in total. The lowest BCUT2D eigenvalue weighted by atomic mass is 9.85. The Hall–Kier alpha value is -2.47. The van der Waals surface area contributed by atoms with Crippen molar-refractivity contribution >= 4 is 29.0 Å². The second kappa shape index (κ2) is 10.9. The summed E-state index contributed by atoms with van der Waals surface area (Å²) in [7, 11) is 0. The summed E-state index contributed by atoms with van der Waals surface area (Å²) in [6.07, 6.45) is 5.72. The summed E-state index contributed by atoms with van der Waals surface area (Å²) in [6, 6.07) is 4.04. The molecule has 3 rings (SSSR count). The van der Waals surface area contributed by atoms with Gasteiger partial charge in [-0.15, -0.1) is 0 Å². The van der Waals surface area contributed by atoms with E-state index in [-0.39, 0.29) is 5.97 Å². The minimum atomic E-state index is -0.419. The fraction of sp³-hybridized carbons (Fsp3) is 0.536. The van der Waals surface area contributed by atoms with Crippen molar-refractivity contribution in [3.63, 3.8) is 0 Å². The average Bonchev–Trinajstić information content (AvgIpc) is 2.74. The van der Waals surface area contributed by atoms with Gasteiger partial charge in [-0.1, -0.05) is 32.0 Å². The quantitative estimate of drug-likeness (QED) is 0.189. The van der Waals surface area contributed by atoms with Crippen molar-refractivity contribution < 1.29 is 14.3 Å². The maximum Gasteiger partial charge on any atom is 0.311 e. The van der Waals surface area contributed by atoms with Gasteiger partial charge in [0.05, 0.1) is 4.99 Å². The fourth-order valence-electron chi connectivity index (χ4n) is 4.68. The van der Waals surface area contributed by atoms with E-state index >= 15 is 0 Å². The zero-order chi connectivity index (χ0) is 25.0. The minimum Gasteiger partial charge on any atom is -0.487 e. The van der Waals surface area contributed by atoms with Crippen LogP contribution in [0.2, 0.25) is 0 Å². The molecule has 1 aliphatic rings. The second-order valence-electron chi connectivity index (χ2n) is 9.89. The number of ether oxygens (including phenoxy) is 2. The number of nitrogens with zero attached hydrogens (tertiary/aromatic N) is 1. The van der Waals surface area contributed by atoms with Gasteiger partial charge in [0, 0.05) is 24.1 Å². The van der Waals surface area contributed by atoms with Gasteiger partial charge in [-0.25, -0.2) is 4.98 Å². The van der Waals surface area contributed by atoms with E-state index in [4.69, 9.17) is 21.7 Å². The van der Waals surface area contributed by atoms with E-state index in [0.717, 1.165) is 77.2 Å². The van der Waals surface area contributed by atoms with Crippen LogP contribution in [-0.2, 0) is 11.2 Å². The molecule has 0 bridgehead atoms. The first kappa shape index (κ1) is 26.1. The van der Waals surface area contributed by atoms with Crippen molar-refractivity contribution in [3.05, 3.63) is 45.6 Å². The molecule has 184 valence electrons. The molecule has 2 aromatic rings. The zero-order valence-electron chi connectivity index (χ0n) is 21.7. The van der Waals surface area contributed by atoms with Crippen molar-refractivity contribution in [2.75, 3.05) is 5.32 Å². The Balaban J connectivity index is 1.76. The molecule has 0 saturated carbocycles. The number of aryl methyl sites for hydroxylation is 2. The number of hydrogen-bond acceptors (Lipinski definition) is 5. The molecule has 1 aromatic carbocycles. The van der Waals surface area contributed by atoms with Crippen LogP contribution in [0.1, 0.15) is 85.9 Å². The summed E-state index contributed by atoms with van der Waals surface area (Å²) in [5.41, 5.74) is 5.81. The Bertz CT molecular complexity index is 1080. The number of pyridine rings is 1. The summed E-state index contributed by atoms with van der Waals surface area (Å²) in [5.74, 6) is 2.22. The number of anilines is 1. The number of benzene rings is 1. The van der Waals surface area contributed by atoms with Crippen LogP contribution in [0.15, 0.2) is 12.1 Å². The zero-order valence-corrected chi connectivity index (χ0v) is 22.5. The molecule has 0 spiro atoms. The highest BCUT2D eigenvalue weighted by molar-refractivity contribution is 7.80. The van der Waals surface area contributed by atoms with Gasteiger partial charge in [0.25, 0.3) is 0 Å². The molecule has 1 aromatic heterocycles. The maximum atomic E-state index is 12.4. The lowest BCUT2D eigenvalue weighted by Crippen LogP contribution is -2.40. The van der Waals surface area contributed by atoms with Crippen molar-refractivity contribution in [3.8, 4) is 11.5 Å². The highest BCUT2D eigenvalue weighted by Gasteiger charge is 2.36. The molecule has 0 amide bonds. The standard InChI is InChI=1S/C28H38N2O3S/c1-8-9-10-11-25(31)32-26-19(4)20(5)27-22(21(26)6)12-13-28(7,33-27)16-24(34)30-23-15-17(2)14-18(3)29-23/h14-15H,8-13,16H2,1-7H3,(H,29,30,34). The summed E-state index contributed by atoms with van der Waals surface area (Å²) in [4.78, 5) is 17.7. The van der Waals surface area contributed by atoms with E-state index in [9.17, 15) is 4.79 Å². The van der Waals surface area contributed by atoms with Gasteiger partial charge < -0.3 is 14.8 Å². The first-order chi connectivity index (χ1) is 16.0. The molecule has 6 heteroatoms. The number of carbonyl (C=O) groups excluding carboxylic acids is 1. The van der Waals surface area contributed by atoms with Gasteiger partial charge in [-0.05, 0) is 95.2 Å². The van der Waals surface area contributed by atoms with Crippen LogP contribution in [-0.4, -0.2) is 21.5 Å². The Morgan fingerprint density at radius 1 is 1.15 bits per heavy atom. The number of rotatable bonds is 8. The first-order valence-electron chi connectivity index (χ1n) is 12.3. The van der Waals surface area contributed by atoms with Crippen LogP contribution < -0.4 is 14.8 Å². The highest BCUT2D eigenvalue weighted by Crippen LogP contribution is 2.44. The molecule has 0 fully saturated rings. The molecule has 0 aliphatic carbocycles. The number of carbonyl (C=O) groups is 1. The third-order valence-electron chi connectivity index (χ3n) is 6.66. The number of nitrogens with one attached hydrogen (secondary N) is 1. The van der Waals surface area contributed by atoms with Crippen LogP contribution in [0, 0.1) is 34.6 Å². The van der Waals surface area contributed by atoms with Crippen molar-refractivity contribution in [1.82, 2.24) is 4.98 Å². The molecular formula is C28H38N2O3S. The third kappa shape index (κ3) is 6.15. The van der Waals surface area contributed by atoms with Gasteiger partial charge in [-0.2, -0.15) is 0 Å². The molecule has 0 radical (unpaired) electrons. The lowest BCUT2D eigenvalue weighted by Gasteiger charge is -2.38. The second-order valence-corrected chi connectivity index (χ2v) is 10.4. The SMILES string of the molecule is CCCCCC(=O)Oc1c(C)c(C)c2c(c1C)CCC(C)(CC(=S)Nc1cc(C)cc(C)n1)O2. The van der Waals surface area contributed by atoms with E-state index in [1.807, 2.05) is 39.8 Å². The number of unbranched alkanes of at least 4 members (excludes halogenated alkanes) is 2. The molecule has 1 unspecified atom stereocenters. The highest BCUT2D eigenvalue weighted by atomic mass is 32.1. The summed E-state index contributed by atoms with van der Waals surface area (Å²) in [5, 5.41) is 3.29. The number of hydrogen-bond donors (Lipinski definition) is 1. The normalized spacial score (nSPS) is 17.0. The predicted molar refractivity (Wildman–Crippen MR) is 142 cm³/mol. The monoisotopic (exact) mass is 482 g/mol. The average molecular weight is 483 g/mol. The number of aromatic nitrogens is 1. The van der Waals surface area contributed by atoms with Gasteiger partial charge >= 0.3 is 5.97 Å². The van der Waals surface area contributed by atoms with Crippen LogP contribution in [0.4, 0.5) is 5.82 Å². The molecule has 1 aliphatic heterocycles. The van der Waals surface area contributed by atoms with E-state index in [0.29, 0.717) is 23.6 Å². The number of esters is 1. The topological polar surface area (TPSA) is 60.5 Å². The van der Waals surface area contributed by atoms with Crippen LogP contribution in [0.3, 0.4) is 0 Å². The fourth-order valence-corrected chi connectivity index (χ4v) is 5.09. The van der Waals surface area contributed by atoms with Crippen LogP contribution >= 0.6 is 12.2 Å². The van der Waals surface area contributed by atoms with E-state index in [1.165, 1.54) is 0 Å². The van der Waals surface area contributed by atoms with Crippen molar-refractivity contribution in [2.24, 2.45) is 0 Å². The van der Waals surface area contributed by atoms with E-state index in [2.05, 4.69) is 31.1 Å². The molecule has 1 atom stereocenters. The molecular weight excluding hydrogens is 444 g/mol. The maximum absolute atomic E-state index is 12.4. The smallest absolute Gasteiger partial charge is 0.311 e. The van der Waals surface area contributed by atoms with Crippen LogP contribution in [0.5, 0.6) is 11.5 Å². The summed E-state index contributed by atoms with van der Waals surface area (Å²) >= 11 is 5.68. The predicted octanol–water partition coefficient (Wildman–Crippen LogP) is 7.02. The first-order valence-corrected chi connectivity index (χ1v) is 12.7. The number of thiocarbonyl (C=S) groups is 1. The van der Waals surface area contributed by atoms with Crippen LogP contribution in [0.25, 0.3) is 0 Å². The molecule has 34 heavy (non-hydrogen) atoms. The van der Waals surface area contributed by atoms with Gasteiger partial charge in [0.1, 0.15) is 22.9 Å². The van der Waals surface area contributed by atoms with E-state index in [1.54, 1.807) is 0 Å². The summed E-state index contributed by atoms with van der Waals surface area (Å²) in [6.45, 7) is 14.4. The largest absolute Gasteiger partial charge is 0.487 e. The number of fused-ring (bicyclic) bond motifs is 1. The Labute approximate surface area is 209 Å². The van der Waals surface area contributed by atoms with Crippen molar-refractivity contribution in [2.45, 2.75) is 99.0 Å². The van der Waals surface area contributed by atoms with Gasteiger partial charge in [0.15, 0.2) is 0 Å². The summed E-state index contributed by atoms with van der Waals surface area (Å²) < 4.78 is 12.5. The molecule has 2 heterocycles.